The summed E-state index contributed by atoms with van der Waals surface area (Å²) in [6.07, 6.45) is -0.136. The van der Waals surface area contributed by atoms with Crippen LogP contribution < -0.4 is 5.32 Å². The van der Waals surface area contributed by atoms with Crippen molar-refractivity contribution in [2.45, 2.75) is 12.5 Å². The number of carboxylic acid groups (broad SMARTS) is 1. The van der Waals surface area contributed by atoms with Gasteiger partial charge in [-0.1, -0.05) is 0 Å². The monoisotopic (exact) mass is 172 g/mol. The van der Waals surface area contributed by atoms with Crippen molar-refractivity contribution in [2.24, 2.45) is 0 Å². The minimum Gasteiger partial charge on any atom is -0.481 e. The Morgan fingerprint density at radius 1 is 1.83 bits per heavy atom. The highest BCUT2D eigenvalue weighted by molar-refractivity contribution is 5.86. The third kappa shape index (κ3) is 1.94. The predicted molar refractivity (Wildman–Crippen MR) is 41.7 cm³/mol. The molecule has 1 amide bonds. The number of carbonyl (C=O) groups is 2. The van der Waals surface area contributed by atoms with E-state index >= 15 is 0 Å². The van der Waals surface area contributed by atoms with E-state index in [9.17, 15) is 9.59 Å². The summed E-state index contributed by atoms with van der Waals surface area (Å²) in [7, 11) is 1.68. The maximum atomic E-state index is 11.3. The van der Waals surface area contributed by atoms with E-state index in [0.29, 0.717) is 13.1 Å². The normalized spacial score (nSPS) is 24.2. The largest absolute Gasteiger partial charge is 0.481 e. The molecule has 0 spiro atoms. The molecule has 68 valence electrons. The molecule has 0 aliphatic carbocycles. The number of carboxylic acids is 1. The molecule has 5 nitrogen and oxygen atoms in total. The first-order valence-electron chi connectivity index (χ1n) is 3.81. The van der Waals surface area contributed by atoms with Crippen LogP contribution in [0.1, 0.15) is 6.42 Å². The molecular weight excluding hydrogens is 160 g/mol. The quantitative estimate of drug-likeness (QED) is 0.554. The van der Waals surface area contributed by atoms with E-state index in [0.717, 1.165) is 0 Å². The number of carbonyl (C=O) groups excluding carboxylic acids is 1. The van der Waals surface area contributed by atoms with Crippen LogP contribution in [0.25, 0.3) is 0 Å². The van der Waals surface area contributed by atoms with E-state index in [-0.39, 0.29) is 12.3 Å². The molecule has 0 saturated carbocycles. The fraction of sp³-hybridized carbons (Fsp3) is 0.714. The van der Waals surface area contributed by atoms with E-state index in [1.54, 1.807) is 11.9 Å². The van der Waals surface area contributed by atoms with Crippen LogP contribution in [0, 0.1) is 0 Å². The van der Waals surface area contributed by atoms with Gasteiger partial charge in [0.25, 0.3) is 0 Å². The van der Waals surface area contributed by atoms with Crippen LogP contribution in [0.5, 0.6) is 0 Å². The van der Waals surface area contributed by atoms with Crippen LogP contribution in [-0.4, -0.2) is 48.1 Å². The third-order valence-corrected chi connectivity index (χ3v) is 1.89. The first-order chi connectivity index (χ1) is 5.61. The highest BCUT2D eigenvalue weighted by atomic mass is 16.4. The molecule has 1 atom stereocenters. The molecule has 12 heavy (non-hydrogen) atoms. The molecule has 1 rings (SSSR count). The molecule has 5 heteroatoms. The van der Waals surface area contributed by atoms with Gasteiger partial charge in [0.15, 0.2) is 0 Å². The standard InChI is InChI=1S/C7H12N2O3/c1-9-3-2-8-5(7(9)12)4-6(10)11/h5,8H,2-4H2,1H3,(H,10,11). The maximum Gasteiger partial charge on any atom is 0.305 e. The van der Waals surface area contributed by atoms with Crippen LogP contribution >= 0.6 is 0 Å². The summed E-state index contributed by atoms with van der Waals surface area (Å²) in [4.78, 5) is 23.1. The van der Waals surface area contributed by atoms with Crippen molar-refractivity contribution in [3.05, 3.63) is 0 Å². The minimum absolute atomic E-state index is 0.136. The van der Waals surface area contributed by atoms with Crippen molar-refractivity contribution in [3.8, 4) is 0 Å². The first-order valence-corrected chi connectivity index (χ1v) is 3.81. The van der Waals surface area contributed by atoms with Gasteiger partial charge in [0.1, 0.15) is 0 Å². The van der Waals surface area contributed by atoms with Crippen LogP contribution in [0.15, 0.2) is 0 Å². The number of hydrogen-bond donors (Lipinski definition) is 2. The summed E-state index contributed by atoms with van der Waals surface area (Å²) in [5.41, 5.74) is 0. The predicted octanol–water partition coefficient (Wildman–Crippen LogP) is -1.11. The lowest BCUT2D eigenvalue weighted by Crippen LogP contribution is -2.54. The lowest BCUT2D eigenvalue weighted by Gasteiger charge is -2.29. The molecule has 1 heterocycles. The molecule has 0 aromatic heterocycles. The zero-order chi connectivity index (χ0) is 9.14. The smallest absolute Gasteiger partial charge is 0.305 e. The van der Waals surface area contributed by atoms with Gasteiger partial charge in [-0.3, -0.25) is 9.59 Å². The zero-order valence-corrected chi connectivity index (χ0v) is 6.91. The zero-order valence-electron chi connectivity index (χ0n) is 6.91. The highest BCUT2D eigenvalue weighted by Crippen LogP contribution is 2.02. The number of piperazine rings is 1. The van der Waals surface area contributed by atoms with Crippen molar-refractivity contribution >= 4 is 11.9 Å². The Bertz CT molecular complexity index is 205. The van der Waals surface area contributed by atoms with Gasteiger partial charge in [0, 0.05) is 20.1 Å². The Balaban J connectivity index is 2.52. The fourth-order valence-electron chi connectivity index (χ4n) is 1.20. The topological polar surface area (TPSA) is 69.6 Å². The molecular formula is C7H12N2O3. The van der Waals surface area contributed by atoms with Crippen molar-refractivity contribution < 1.29 is 14.7 Å². The number of likely N-dealkylation sites (N-methyl/N-ethyl adjacent to an activating group) is 1. The SMILES string of the molecule is CN1CCNC(CC(=O)O)C1=O. The second kappa shape index (κ2) is 3.53. The van der Waals surface area contributed by atoms with Crippen molar-refractivity contribution in [1.29, 1.82) is 0 Å². The van der Waals surface area contributed by atoms with Crippen molar-refractivity contribution in [2.75, 3.05) is 20.1 Å². The Morgan fingerprint density at radius 2 is 2.50 bits per heavy atom. The van der Waals surface area contributed by atoms with Crippen LogP contribution in [0.4, 0.5) is 0 Å². The average Bonchev–Trinajstić information content (AvgIpc) is 1.98. The summed E-state index contributed by atoms with van der Waals surface area (Å²) in [5, 5.41) is 11.3. The summed E-state index contributed by atoms with van der Waals surface area (Å²) in [5.74, 6) is -1.08. The number of hydrogen-bond acceptors (Lipinski definition) is 3. The molecule has 1 fully saturated rings. The molecule has 2 N–H and O–H groups in total. The van der Waals surface area contributed by atoms with E-state index in [4.69, 9.17) is 5.11 Å². The van der Waals surface area contributed by atoms with Crippen LogP contribution in [0.2, 0.25) is 0 Å². The summed E-state index contributed by atoms with van der Waals surface area (Å²) >= 11 is 0. The Labute approximate surface area is 70.4 Å². The van der Waals surface area contributed by atoms with E-state index in [1.807, 2.05) is 0 Å². The lowest BCUT2D eigenvalue weighted by atomic mass is 10.1. The fourth-order valence-corrected chi connectivity index (χ4v) is 1.20. The Kier molecular flexibility index (Phi) is 2.65. The van der Waals surface area contributed by atoms with Gasteiger partial charge < -0.3 is 15.3 Å². The van der Waals surface area contributed by atoms with Crippen molar-refractivity contribution in [3.63, 3.8) is 0 Å². The van der Waals surface area contributed by atoms with E-state index in [1.165, 1.54) is 0 Å². The molecule has 1 saturated heterocycles. The number of nitrogens with one attached hydrogen (secondary N) is 1. The molecule has 0 radical (unpaired) electrons. The minimum atomic E-state index is -0.948. The molecule has 0 aromatic carbocycles. The van der Waals surface area contributed by atoms with E-state index in [2.05, 4.69) is 5.32 Å². The Hall–Kier alpha value is -1.10. The van der Waals surface area contributed by atoms with Gasteiger partial charge in [-0.05, 0) is 0 Å². The second-order valence-electron chi connectivity index (χ2n) is 2.86. The third-order valence-electron chi connectivity index (χ3n) is 1.89. The van der Waals surface area contributed by atoms with Gasteiger partial charge in [0.05, 0.1) is 12.5 Å². The van der Waals surface area contributed by atoms with Crippen LogP contribution in [-0.2, 0) is 9.59 Å². The summed E-state index contributed by atoms with van der Waals surface area (Å²) < 4.78 is 0. The molecule has 1 unspecified atom stereocenters. The maximum absolute atomic E-state index is 11.3. The molecule has 1 aliphatic rings. The van der Waals surface area contributed by atoms with Crippen LogP contribution in [0.3, 0.4) is 0 Å². The number of nitrogens with zero attached hydrogens (tertiary/aromatic N) is 1. The molecule has 0 bridgehead atoms. The highest BCUT2D eigenvalue weighted by Gasteiger charge is 2.27. The average molecular weight is 172 g/mol. The van der Waals surface area contributed by atoms with Gasteiger partial charge in [-0.25, -0.2) is 0 Å². The summed E-state index contributed by atoms with van der Waals surface area (Å²) in [6, 6.07) is -0.541. The number of aliphatic carboxylic acids is 1. The number of amides is 1. The first kappa shape index (κ1) is 8.99. The Morgan fingerprint density at radius 3 is 3.08 bits per heavy atom. The second-order valence-corrected chi connectivity index (χ2v) is 2.86. The summed E-state index contributed by atoms with van der Waals surface area (Å²) in [6.45, 7) is 1.31. The number of rotatable bonds is 2. The van der Waals surface area contributed by atoms with Gasteiger partial charge >= 0.3 is 5.97 Å². The molecule has 0 aromatic rings. The van der Waals surface area contributed by atoms with E-state index < -0.39 is 12.0 Å². The van der Waals surface area contributed by atoms with Crippen molar-refractivity contribution in [1.82, 2.24) is 10.2 Å². The lowest BCUT2D eigenvalue weighted by molar-refractivity contribution is -0.143. The van der Waals surface area contributed by atoms with Gasteiger partial charge in [-0.2, -0.15) is 0 Å². The van der Waals surface area contributed by atoms with Gasteiger partial charge in [-0.15, -0.1) is 0 Å². The van der Waals surface area contributed by atoms with Gasteiger partial charge in [0.2, 0.25) is 5.91 Å². The molecule has 1 aliphatic heterocycles.